The van der Waals surface area contributed by atoms with Crippen LogP contribution in [0, 0.1) is 0 Å². The van der Waals surface area contributed by atoms with Crippen LogP contribution in [0.1, 0.15) is 0 Å². The SMILES string of the molecule is c1ccc(-c2ccc(-c3ccc(N(c4ccc(-c5cccc6oc7ccccc7c56)cc4)c4ccc(-n5c6ccccc6c6ccccc65)cc4)cc3)cc2)cc1. The molecule has 9 aromatic carbocycles. The highest BCUT2D eigenvalue weighted by atomic mass is 16.3. The summed E-state index contributed by atoms with van der Waals surface area (Å²) in [6.07, 6.45) is 0. The van der Waals surface area contributed by atoms with Gasteiger partial charge in [0.15, 0.2) is 0 Å². The smallest absolute Gasteiger partial charge is 0.136 e. The number of para-hydroxylation sites is 3. The van der Waals surface area contributed by atoms with Gasteiger partial charge in [-0.3, -0.25) is 0 Å². The Labute approximate surface area is 330 Å². The van der Waals surface area contributed by atoms with E-state index >= 15 is 0 Å². The molecule has 0 saturated carbocycles. The summed E-state index contributed by atoms with van der Waals surface area (Å²) in [5.41, 5.74) is 15.7. The number of aromatic nitrogens is 1. The van der Waals surface area contributed by atoms with Crippen LogP contribution in [0.2, 0.25) is 0 Å². The standard InChI is InChI=1S/C54H36N2O/c1-2-11-37(12-3-1)38-21-23-39(24-22-38)40-25-29-42(30-26-40)55(43-31-27-41(28-32-43)46-16-10-20-53-54(46)49-15-6-9-19-52(49)57-53)44-33-35-45(36-34-44)56-50-17-7-4-13-47(50)48-14-5-8-18-51(48)56/h1-36H. The Bertz CT molecular complexity index is 3140. The molecular formula is C54H36N2O. The van der Waals surface area contributed by atoms with Crippen molar-refractivity contribution in [1.29, 1.82) is 0 Å². The minimum absolute atomic E-state index is 0.900. The van der Waals surface area contributed by atoms with E-state index in [1.165, 1.54) is 44.1 Å². The maximum absolute atomic E-state index is 6.23. The van der Waals surface area contributed by atoms with Crippen LogP contribution < -0.4 is 4.90 Å². The predicted molar refractivity (Wildman–Crippen MR) is 239 cm³/mol. The molecule has 3 heteroatoms. The monoisotopic (exact) mass is 728 g/mol. The lowest BCUT2D eigenvalue weighted by atomic mass is 9.99. The van der Waals surface area contributed by atoms with Gasteiger partial charge < -0.3 is 13.9 Å². The molecule has 3 nitrogen and oxygen atoms in total. The Morgan fingerprint density at radius 3 is 1.35 bits per heavy atom. The molecule has 0 aliphatic heterocycles. The second-order valence-corrected chi connectivity index (χ2v) is 14.5. The van der Waals surface area contributed by atoms with Gasteiger partial charge in [0.2, 0.25) is 0 Å². The number of anilines is 3. The summed E-state index contributed by atoms with van der Waals surface area (Å²) in [7, 11) is 0. The number of fused-ring (bicyclic) bond motifs is 6. The second kappa shape index (κ2) is 13.6. The summed E-state index contributed by atoms with van der Waals surface area (Å²) in [5.74, 6) is 0. The summed E-state index contributed by atoms with van der Waals surface area (Å²) >= 11 is 0. The number of furan rings is 1. The van der Waals surface area contributed by atoms with Crippen LogP contribution in [0.5, 0.6) is 0 Å². The van der Waals surface area contributed by atoms with Crippen LogP contribution in [0.3, 0.4) is 0 Å². The molecule has 0 aliphatic rings. The molecule has 0 saturated heterocycles. The molecule has 0 aliphatic carbocycles. The van der Waals surface area contributed by atoms with Gasteiger partial charge in [-0.2, -0.15) is 0 Å². The fourth-order valence-corrected chi connectivity index (χ4v) is 8.49. The van der Waals surface area contributed by atoms with Crippen molar-refractivity contribution in [1.82, 2.24) is 4.57 Å². The van der Waals surface area contributed by atoms with E-state index in [0.29, 0.717) is 0 Å². The molecule has 57 heavy (non-hydrogen) atoms. The van der Waals surface area contributed by atoms with Crippen LogP contribution >= 0.6 is 0 Å². The largest absolute Gasteiger partial charge is 0.456 e. The number of benzene rings is 9. The number of rotatable bonds is 7. The third-order valence-corrected chi connectivity index (χ3v) is 11.2. The molecule has 0 bridgehead atoms. The normalized spacial score (nSPS) is 11.5. The highest BCUT2D eigenvalue weighted by Crippen LogP contribution is 2.41. The van der Waals surface area contributed by atoms with Gasteiger partial charge in [0.25, 0.3) is 0 Å². The van der Waals surface area contributed by atoms with Gasteiger partial charge in [-0.15, -0.1) is 0 Å². The molecular weight excluding hydrogens is 693 g/mol. The maximum Gasteiger partial charge on any atom is 0.136 e. The summed E-state index contributed by atoms with van der Waals surface area (Å²) in [4.78, 5) is 2.34. The average molecular weight is 729 g/mol. The number of hydrogen-bond donors (Lipinski definition) is 0. The van der Waals surface area contributed by atoms with Crippen molar-refractivity contribution in [3.05, 3.63) is 218 Å². The average Bonchev–Trinajstić information content (AvgIpc) is 3.84. The van der Waals surface area contributed by atoms with E-state index in [0.717, 1.165) is 55.8 Å². The van der Waals surface area contributed by atoms with Crippen LogP contribution in [-0.2, 0) is 0 Å². The lowest BCUT2D eigenvalue weighted by Gasteiger charge is -2.26. The fourth-order valence-electron chi connectivity index (χ4n) is 8.49. The minimum Gasteiger partial charge on any atom is -0.456 e. The molecule has 2 aromatic heterocycles. The first-order valence-electron chi connectivity index (χ1n) is 19.4. The molecule has 0 fully saturated rings. The van der Waals surface area contributed by atoms with E-state index in [1.54, 1.807) is 0 Å². The third-order valence-electron chi connectivity index (χ3n) is 11.2. The van der Waals surface area contributed by atoms with Crippen molar-refractivity contribution in [2.24, 2.45) is 0 Å². The highest BCUT2D eigenvalue weighted by molar-refractivity contribution is 6.12. The molecule has 0 unspecified atom stereocenters. The van der Waals surface area contributed by atoms with Gasteiger partial charge in [-0.05, 0) is 106 Å². The van der Waals surface area contributed by atoms with Gasteiger partial charge in [0, 0.05) is 44.3 Å². The van der Waals surface area contributed by atoms with Crippen LogP contribution in [0.25, 0.3) is 82.8 Å². The van der Waals surface area contributed by atoms with Gasteiger partial charge in [-0.1, -0.05) is 146 Å². The molecule has 0 spiro atoms. The molecule has 0 N–H and O–H groups in total. The Morgan fingerprint density at radius 2 is 0.754 bits per heavy atom. The summed E-state index contributed by atoms with van der Waals surface area (Å²) in [5, 5.41) is 4.79. The molecule has 0 amide bonds. The maximum atomic E-state index is 6.23. The van der Waals surface area contributed by atoms with E-state index in [2.05, 4.69) is 216 Å². The first-order valence-corrected chi connectivity index (χ1v) is 19.4. The molecule has 0 radical (unpaired) electrons. The third kappa shape index (κ3) is 5.68. The van der Waals surface area contributed by atoms with Crippen molar-refractivity contribution in [3.63, 3.8) is 0 Å². The number of hydrogen-bond acceptors (Lipinski definition) is 2. The molecule has 268 valence electrons. The van der Waals surface area contributed by atoms with E-state index in [-0.39, 0.29) is 0 Å². The van der Waals surface area contributed by atoms with Crippen molar-refractivity contribution in [2.45, 2.75) is 0 Å². The zero-order valence-electron chi connectivity index (χ0n) is 31.1. The minimum atomic E-state index is 0.900. The topological polar surface area (TPSA) is 21.3 Å². The molecule has 11 rings (SSSR count). The Morgan fingerprint density at radius 1 is 0.316 bits per heavy atom. The van der Waals surface area contributed by atoms with Crippen LogP contribution in [-0.4, -0.2) is 4.57 Å². The molecule has 0 atom stereocenters. The van der Waals surface area contributed by atoms with Gasteiger partial charge in [-0.25, -0.2) is 0 Å². The number of nitrogens with zero attached hydrogens (tertiary/aromatic N) is 2. The highest BCUT2D eigenvalue weighted by Gasteiger charge is 2.17. The van der Waals surface area contributed by atoms with E-state index in [4.69, 9.17) is 4.42 Å². The second-order valence-electron chi connectivity index (χ2n) is 14.5. The van der Waals surface area contributed by atoms with Crippen molar-refractivity contribution in [3.8, 4) is 39.1 Å². The van der Waals surface area contributed by atoms with E-state index in [9.17, 15) is 0 Å². The lowest BCUT2D eigenvalue weighted by Crippen LogP contribution is -2.10. The Kier molecular flexibility index (Phi) is 7.82. The first kappa shape index (κ1) is 32.8. The Hall–Kier alpha value is -7.62. The molecule has 2 heterocycles. The van der Waals surface area contributed by atoms with Gasteiger partial charge in [0.05, 0.1) is 11.0 Å². The lowest BCUT2D eigenvalue weighted by molar-refractivity contribution is 0.669. The first-order chi connectivity index (χ1) is 28.3. The van der Waals surface area contributed by atoms with Crippen molar-refractivity contribution < 1.29 is 4.42 Å². The zero-order valence-corrected chi connectivity index (χ0v) is 31.1. The quantitative estimate of drug-likeness (QED) is 0.163. The van der Waals surface area contributed by atoms with Crippen LogP contribution in [0.15, 0.2) is 223 Å². The van der Waals surface area contributed by atoms with Gasteiger partial charge in [0.1, 0.15) is 11.2 Å². The van der Waals surface area contributed by atoms with Crippen LogP contribution in [0.4, 0.5) is 17.1 Å². The zero-order chi connectivity index (χ0) is 37.7. The summed E-state index contributed by atoms with van der Waals surface area (Å²) in [6.45, 7) is 0. The predicted octanol–water partition coefficient (Wildman–Crippen LogP) is 15.2. The van der Waals surface area contributed by atoms with Crippen molar-refractivity contribution in [2.75, 3.05) is 4.90 Å². The van der Waals surface area contributed by atoms with E-state index in [1.807, 2.05) is 12.1 Å². The fraction of sp³-hybridized carbons (Fsp3) is 0. The molecule has 11 aromatic rings. The Balaban J connectivity index is 0.990. The van der Waals surface area contributed by atoms with Gasteiger partial charge >= 0.3 is 0 Å². The van der Waals surface area contributed by atoms with Crippen molar-refractivity contribution >= 4 is 60.8 Å². The van der Waals surface area contributed by atoms with E-state index < -0.39 is 0 Å². The summed E-state index contributed by atoms with van der Waals surface area (Å²) in [6, 6.07) is 78.1. The summed E-state index contributed by atoms with van der Waals surface area (Å²) < 4.78 is 8.60.